The summed E-state index contributed by atoms with van der Waals surface area (Å²) >= 11 is 0.869. The van der Waals surface area contributed by atoms with Gasteiger partial charge in [-0.2, -0.15) is 15.0 Å². The van der Waals surface area contributed by atoms with Gasteiger partial charge in [0.15, 0.2) is 0 Å². The summed E-state index contributed by atoms with van der Waals surface area (Å²) in [4.78, 5) is 13.4. The van der Waals surface area contributed by atoms with Gasteiger partial charge in [0.1, 0.15) is 5.82 Å². The summed E-state index contributed by atoms with van der Waals surface area (Å²) in [6.45, 7) is 6.02. The van der Waals surface area contributed by atoms with Gasteiger partial charge in [-0.3, -0.25) is 0 Å². The molecule has 10 heteroatoms. The van der Waals surface area contributed by atoms with E-state index in [0.29, 0.717) is 24.1 Å². The van der Waals surface area contributed by atoms with E-state index in [9.17, 15) is 0 Å². The first-order valence-corrected chi connectivity index (χ1v) is 8.54. The lowest BCUT2D eigenvalue weighted by Gasteiger charge is -2.09. The number of rotatable bonds is 10. The third kappa shape index (κ3) is 7.93. The molecule has 0 saturated carbocycles. The van der Waals surface area contributed by atoms with Gasteiger partial charge in [0.05, 0.1) is 12.0 Å². The molecule has 0 spiro atoms. The fraction of sp³-hybridized carbons (Fsp3) is 0.438. The van der Waals surface area contributed by atoms with Gasteiger partial charge in [-0.25, -0.2) is 5.26 Å². The molecule has 1 heterocycles. The van der Waals surface area contributed by atoms with Crippen molar-refractivity contribution in [2.45, 2.75) is 32.6 Å². The quantitative estimate of drug-likeness (QED) is 0.211. The van der Waals surface area contributed by atoms with Crippen LogP contribution in [-0.4, -0.2) is 33.3 Å². The van der Waals surface area contributed by atoms with Crippen molar-refractivity contribution in [1.82, 2.24) is 20.3 Å². The second-order valence-corrected chi connectivity index (χ2v) is 6.43. The van der Waals surface area contributed by atoms with Crippen LogP contribution in [0.3, 0.4) is 0 Å². The lowest BCUT2D eigenvalue weighted by Crippen LogP contribution is -2.23. The number of aromatic nitrogens is 3. The van der Waals surface area contributed by atoms with E-state index < -0.39 is 0 Å². The van der Waals surface area contributed by atoms with Crippen molar-refractivity contribution < 1.29 is 14.6 Å². The number of nitrogens with zero attached hydrogens (tertiary/aromatic N) is 3. The summed E-state index contributed by atoms with van der Waals surface area (Å²) < 4.78 is 4.41. The number of nitrogens with two attached hydrogens (primary N) is 1. The maximum absolute atomic E-state index is 8.21. The number of nitrogen functional groups attached to an aromatic ring is 1. The average molecular weight is 382 g/mol. The van der Waals surface area contributed by atoms with Crippen LogP contribution in [0.2, 0.25) is 0 Å². The monoisotopic (exact) mass is 382 g/mol. The standard InChI is InChI=1S/C15H22N6O3S.CH4/c1-10(2)9-17-7-6-13-19-14(16)21-15(20-13)18-11-4-3-5-12(8-11)25-24-23-22;/h3-5,8,10,17,22H,6-7,9H2,1-2H3,(H3,16,18,19,20,21);1H4. The fourth-order valence-corrected chi connectivity index (χ4v) is 2.42. The first kappa shape index (κ1) is 22.1. The Bertz CT molecular complexity index is 674. The highest BCUT2D eigenvalue weighted by Gasteiger charge is 2.06. The first-order chi connectivity index (χ1) is 12.1. The van der Waals surface area contributed by atoms with Crippen LogP contribution in [0, 0.1) is 5.92 Å². The van der Waals surface area contributed by atoms with Gasteiger partial charge in [0, 0.05) is 23.5 Å². The highest BCUT2D eigenvalue weighted by Crippen LogP contribution is 2.23. The van der Waals surface area contributed by atoms with Crippen molar-refractivity contribution in [1.29, 1.82) is 0 Å². The smallest absolute Gasteiger partial charge is 0.232 e. The maximum atomic E-state index is 8.21. The lowest BCUT2D eigenvalue weighted by molar-refractivity contribution is -0.432. The molecule has 5 N–H and O–H groups in total. The van der Waals surface area contributed by atoms with Crippen molar-refractivity contribution in [3.05, 3.63) is 30.1 Å². The van der Waals surface area contributed by atoms with Gasteiger partial charge in [0.2, 0.25) is 11.9 Å². The first-order valence-electron chi connectivity index (χ1n) is 7.80. The predicted octanol–water partition coefficient (Wildman–Crippen LogP) is 3.05. The number of anilines is 3. The zero-order valence-corrected chi connectivity index (χ0v) is 14.9. The van der Waals surface area contributed by atoms with Crippen LogP contribution < -0.4 is 16.4 Å². The molecule has 0 aliphatic carbocycles. The second kappa shape index (κ2) is 11.6. The summed E-state index contributed by atoms with van der Waals surface area (Å²) in [7, 11) is 0. The van der Waals surface area contributed by atoms with Crippen LogP contribution in [0.1, 0.15) is 27.1 Å². The topological polar surface area (TPSA) is 127 Å². The van der Waals surface area contributed by atoms with E-state index in [4.69, 9.17) is 11.0 Å². The molecule has 0 unspecified atom stereocenters. The molecule has 26 heavy (non-hydrogen) atoms. The molecule has 1 aromatic heterocycles. The van der Waals surface area contributed by atoms with Crippen molar-refractivity contribution in [3.8, 4) is 0 Å². The van der Waals surface area contributed by atoms with Crippen molar-refractivity contribution in [2.75, 3.05) is 24.1 Å². The molecule has 1 aromatic carbocycles. The zero-order chi connectivity index (χ0) is 18.1. The summed E-state index contributed by atoms with van der Waals surface area (Å²) in [5.41, 5.74) is 6.51. The van der Waals surface area contributed by atoms with Crippen molar-refractivity contribution >= 4 is 29.6 Å². The highest BCUT2D eigenvalue weighted by atomic mass is 32.2. The van der Waals surface area contributed by atoms with Gasteiger partial charge in [-0.05, 0) is 30.7 Å². The molecule has 0 radical (unpaired) electrons. The summed E-state index contributed by atoms with van der Waals surface area (Å²) in [5.74, 6) is 1.74. The number of benzene rings is 1. The molecular formula is C16H26N6O3S. The van der Waals surface area contributed by atoms with Crippen LogP contribution in [0.25, 0.3) is 0 Å². The van der Waals surface area contributed by atoms with Crippen LogP contribution in [0.15, 0.2) is 29.2 Å². The summed E-state index contributed by atoms with van der Waals surface area (Å²) in [6.07, 6.45) is 0.658. The molecule has 0 bridgehead atoms. The van der Waals surface area contributed by atoms with E-state index in [0.717, 1.165) is 35.7 Å². The van der Waals surface area contributed by atoms with Gasteiger partial charge in [-0.15, -0.1) is 4.33 Å². The Labute approximate surface area is 157 Å². The Balaban J connectivity index is 0.00000338. The van der Waals surface area contributed by atoms with Gasteiger partial charge >= 0.3 is 0 Å². The number of nitrogens with one attached hydrogen (secondary N) is 2. The normalized spacial score (nSPS) is 10.6. The summed E-state index contributed by atoms with van der Waals surface area (Å²) in [5, 5.41) is 18.2. The Hall–Kier alpha value is -1.98. The van der Waals surface area contributed by atoms with Crippen LogP contribution >= 0.6 is 12.0 Å². The minimum Gasteiger partial charge on any atom is -0.368 e. The van der Waals surface area contributed by atoms with Gasteiger partial charge in [-0.1, -0.05) is 32.4 Å². The minimum absolute atomic E-state index is 0. The van der Waals surface area contributed by atoms with Crippen LogP contribution in [0.4, 0.5) is 17.6 Å². The average Bonchev–Trinajstić information content (AvgIpc) is 2.56. The van der Waals surface area contributed by atoms with E-state index in [1.165, 1.54) is 0 Å². The van der Waals surface area contributed by atoms with Crippen LogP contribution in [0.5, 0.6) is 0 Å². The Morgan fingerprint density at radius 1 is 1.27 bits per heavy atom. The second-order valence-electron chi connectivity index (χ2n) is 5.66. The van der Waals surface area contributed by atoms with E-state index >= 15 is 0 Å². The maximum Gasteiger partial charge on any atom is 0.232 e. The lowest BCUT2D eigenvalue weighted by atomic mass is 10.2. The largest absolute Gasteiger partial charge is 0.368 e. The molecule has 2 rings (SSSR count). The SMILES string of the molecule is C.CC(C)CNCCc1nc(N)nc(Nc2cccc(SOOO)c2)n1. The number of hydrogen-bond donors (Lipinski definition) is 4. The van der Waals surface area contributed by atoms with E-state index in [1.807, 2.05) is 12.1 Å². The third-order valence-electron chi connectivity index (χ3n) is 3.03. The van der Waals surface area contributed by atoms with Gasteiger partial charge in [0.25, 0.3) is 0 Å². The highest BCUT2D eigenvalue weighted by molar-refractivity contribution is 7.94. The molecule has 0 aliphatic rings. The molecule has 9 nitrogen and oxygen atoms in total. The molecule has 0 atom stereocenters. The third-order valence-corrected chi connectivity index (χ3v) is 3.60. The molecular weight excluding hydrogens is 356 g/mol. The van der Waals surface area contributed by atoms with E-state index in [1.54, 1.807) is 12.1 Å². The Morgan fingerprint density at radius 2 is 2.08 bits per heavy atom. The molecule has 0 amide bonds. The Morgan fingerprint density at radius 3 is 2.81 bits per heavy atom. The van der Waals surface area contributed by atoms with Crippen molar-refractivity contribution in [2.24, 2.45) is 5.92 Å². The molecule has 0 aliphatic heterocycles. The molecule has 144 valence electrons. The minimum atomic E-state index is 0. The predicted molar refractivity (Wildman–Crippen MR) is 103 cm³/mol. The summed E-state index contributed by atoms with van der Waals surface area (Å²) in [6, 6.07) is 7.23. The molecule has 0 fully saturated rings. The Kier molecular flexibility index (Phi) is 9.84. The number of hydrogen-bond acceptors (Lipinski definition) is 10. The van der Waals surface area contributed by atoms with E-state index in [2.05, 4.69) is 48.8 Å². The molecule has 2 aromatic rings. The van der Waals surface area contributed by atoms with Gasteiger partial charge < -0.3 is 16.4 Å². The zero-order valence-electron chi connectivity index (χ0n) is 14.1. The van der Waals surface area contributed by atoms with E-state index in [-0.39, 0.29) is 13.4 Å². The van der Waals surface area contributed by atoms with Crippen LogP contribution in [-0.2, 0) is 15.8 Å². The molecule has 0 saturated heterocycles. The van der Waals surface area contributed by atoms with Crippen molar-refractivity contribution in [3.63, 3.8) is 0 Å². The fourth-order valence-electron chi connectivity index (χ4n) is 2.01.